The van der Waals surface area contributed by atoms with Gasteiger partial charge in [-0.05, 0) is 72.3 Å². The maximum atomic E-state index is 13.3. The summed E-state index contributed by atoms with van der Waals surface area (Å²) in [5.74, 6) is -1.09. The number of aryl methyl sites for hydroxylation is 1. The van der Waals surface area contributed by atoms with Crippen LogP contribution in [0.15, 0.2) is 90.1 Å². The molecule has 5 aromatic rings. The molecule has 1 atom stereocenters. The molecule has 484 valence electrons. The molecule has 25 nitrogen and oxygen atoms in total. The number of carbonyl (C=O) groups excluding carboxylic acids is 5. The second-order valence-corrected chi connectivity index (χ2v) is 21.2. The van der Waals surface area contributed by atoms with Crippen LogP contribution < -0.4 is 32.0 Å². The molecule has 25 heteroatoms. The highest BCUT2D eigenvalue weighted by Crippen LogP contribution is 2.21. The second kappa shape index (κ2) is 41.1. The molecular formula is C63H94N12O13. The maximum absolute atomic E-state index is 13.3. The van der Waals surface area contributed by atoms with Gasteiger partial charge in [0.1, 0.15) is 11.6 Å². The van der Waals surface area contributed by atoms with Crippen molar-refractivity contribution in [1.29, 1.82) is 0 Å². The lowest BCUT2D eigenvalue weighted by Crippen LogP contribution is -2.49. The molecule has 1 aliphatic rings. The Morgan fingerprint density at radius 2 is 1.24 bits per heavy atom. The largest absolute Gasteiger partial charge is 0.468 e. The summed E-state index contributed by atoms with van der Waals surface area (Å²) in [7, 11) is 7.51. The number of rotatable bonds is 34. The average Bonchev–Trinajstić information content (AvgIpc) is 4.01. The van der Waals surface area contributed by atoms with Gasteiger partial charge in [-0.25, -0.2) is 4.98 Å². The van der Waals surface area contributed by atoms with Crippen molar-refractivity contribution in [2.45, 2.75) is 51.9 Å². The number of hydrogen-bond donors (Lipinski definition) is 7. The number of aromatic amines is 1. The molecule has 1 saturated heterocycles. The summed E-state index contributed by atoms with van der Waals surface area (Å²) >= 11 is 0. The fraction of sp³-hybridized carbons (Fsp3) is 0.540. The van der Waals surface area contributed by atoms with Gasteiger partial charge in [0.15, 0.2) is 5.95 Å². The van der Waals surface area contributed by atoms with Gasteiger partial charge in [-0.1, -0.05) is 61.5 Å². The second-order valence-electron chi connectivity index (χ2n) is 21.2. The summed E-state index contributed by atoms with van der Waals surface area (Å²) in [6, 6.07) is 21.2. The molecular weight excluding hydrogens is 1130 g/mol. The lowest BCUT2D eigenvalue weighted by molar-refractivity contribution is -0.143. The number of H-pyrrole nitrogens is 1. The smallest absolute Gasteiger partial charge is 0.324 e. The van der Waals surface area contributed by atoms with Crippen molar-refractivity contribution in [3.8, 4) is 11.1 Å². The Balaban J connectivity index is 0.000000345. The van der Waals surface area contributed by atoms with E-state index in [1.165, 1.54) is 33.1 Å². The maximum Gasteiger partial charge on any atom is 0.324 e. The number of hydrogen-bond acceptors (Lipinski definition) is 21. The molecule has 7 N–H and O–H groups in total. The normalized spacial score (nSPS) is 14.2. The minimum atomic E-state index is -0.827. The van der Waals surface area contributed by atoms with Crippen LogP contribution >= 0.6 is 0 Å². The third kappa shape index (κ3) is 26.3. The number of ether oxygens (including phenoxy) is 6. The number of nitrogens with zero attached hydrogens (tertiary/aromatic N) is 6. The molecule has 2 aromatic heterocycles. The van der Waals surface area contributed by atoms with E-state index in [0.717, 1.165) is 74.4 Å². The quantitative estimate of drug-likeness (QED) is 0.0177. The van der Waals surface area contributed by atoms with Crippen LogP contribution in [-0.2, 0) is 74.3 Å². The minimum absolute atomic E-state index is 0.00727. The zero-order valence-corrected chi connectivity index (χ0v) is 52.3. The summed E-state index contributed by atoms with van der Waals surface area (Å²) in [5, 5.41) is 24.7. The van der Waals surface area contributed by atoms with Crippen molar-refractivity contribution in [2.24, 2.45) is 7.05 Å². The van der Waals surface area contributed by atoms with Gasteiger partial charge in [-0.3, -0.25) is 48.8 Å². The SMILES string of the molecule is CCCN1CCN(CC(=O)NCCCOCCO)CCN(CC(=O)OC)CCN(CC(=O)OC)CC1.COCCOCCCNCc1ccc(-c2ccc(CNC(CNC(=O)c3cn(C)c4cc(CNc5ncc[nH]5)ccc4c3=O)C(=O)OC)cc2)cc1. The Morgan fingerprint density at radius 3 is 1.81 bits per heavy atom. The summed E-state index contributed by atoms with van der Waals surface area (Å²) < 4.78 is 32.2. The van der Waals surface area contributed by atoms with Crippen LogP contribution in [0.25, 0.3) is 22.0 Å². The van der Waals surface area contributed by atoms with Gasteiger partial charge in [0.25, 0.3) is 5.91 Å². The molecule has 0 radical (unpaired) electrons. The molecule has 2 amide bonds. The average molecular weight is 1230 g/mol. The fourth-order valence-corrected chi connectivity index (χ4v) is 9.58. The van der Waals surface area contributed by atoms with Crippen LogP contribution in [-0.4, -0.2) is 241 Å². The number of aliphatic hydroxyl groups excluding tert-OH is 1. The number of benzene rings is 3. The van der Waals surface area contributed by atoms with Crippen LogP contribution in [0.1, 0.15) is 53.2 Å². The summed E-state index contributed by atoms with van der Waals surface area (Å²) in [6.07, 6.45) is 7.55. The highest BCUT2D eigenvalue weighted by Gasteiger charge is 2.24. The molecule has 1 aliphatic heterocycles. The molecule has 0 spiro atoms. The van der Waals surface area contributed by atoms with E-state index in [1.54, 1.807) is 37.2 Å². The Hall–Kier alpha value is -7.17. The minimum Gasteiger partial charge on any atom is -0.468 e. The van der Waals surface area contributed by atoms with Gasteiger partial charge < -0.3 is 69.2 Å². The van der Waals surface area contributed by atoms with Crippen molar-refractivity contribution in [3.05, 3.63) is 118 Å². The molecule has 0 saturated carbocycles. The number of imidazole rings is 1. The molecule has 1 fully saturated rings. The number of anilines is 1. The van der Waals surface area contributed by atoms with Gasteiger partial charge in [0, 0.05) is 136 Å². The van der Waals surface area contributed by atoms with Crippen LogP contribution in [0.2, 0.25) is 0 Å². The first kappa shape index (κ1) is 71.6. The van der Waals surface area contributed by atoms with E-state index in [4.69, 9.17) is 33.5 Å². The van der Waals surface area contributed by atoms with Crippen LogP contribution in [0.3, 0.4) is 0 Å². The van der Waals surface area contributed by atoms with Gasteiger partial charge in [-0.15, -0.1) is 0 Å². The summed E-state index contributed by atoms with van der Waals surface area (Å²) in [5.41, 5.74) is 5.58. The first-order chi connectivity index (χ1) is 42.8. The monoisotopic (exact) mass is 1230 g/mol. The third-order valence-corrected chi connectivity index (χ3v) is 14.6. The van der Waals surface area contributed by atoms with E-state index in [-0.39, 0.29) is 61.6 Å². The number of aromatic nitrogens is 3. The van der Waals surface area contributed by atoms with Crippen molar-refractivity contribution in [3.63, 3.8) is 0 Å². The molecule has 6 rings (SSSR count). The van der Waals surface area contributed by atoms with Crippen molar-refractivity contribution in [1.82, 2.24) is 55.4 Å². The predicted octanol–water partition coefficient (Wildman–Crippen LogP) is 2.22. The van der Waals surface area contributed by atoms with E-state index in [1.807, 2.05) is 41.3 Å². The molecule has 3 aromatic carbocycles. The summed E-state index contributed by atoms with van der Waals surface area (Å²) in [4.78, 5) is 91.4. The summed E-state index contributed by atoms with van der Waals surface area (Å²) in [6.45, 7) is 14.9. The van der Waals surface area contributed by atoms with Crippen LogP contribution in [0.4, 0.5) is 5.95 Å². The Morgan fingerprint density at radius 1 is 0.659 bits per heavy atom. The topological polar surface area (TPSA) is 285 Å². The van der Waals surface area contributed by atoms with E-state index in [2.05, 4.69) is 82.4 Å². The Labute approximate surface area is 517 Å². The van der Waals surface area contributed by atoms with Gasteiger partial charge in [0.05, 0.1) is 72.9 Å². The van der Waals surface area contributed by atoms with E-state index >= 15 is 0 Å². The van der Waals surface area contributed by atoms with E-state index < -0.39 is 17.9 Å². The number of pyridine rings is 1. The zero-order valence-electron chi connectivity index (χ0n) is 52.3. The van der Waals surface area contributed by atoms with Crippen LogP contribution in [0.5, 0.6) is 0 Å². The first-order valence-corrected chi connectivity index (χ1v) is 30.2. The molecule has 88 heavy (non-hydrogen) atoms. The van der Waals surface area contributed by atoms with Crippen LogP contribution in [0, 0.1) is 0 Å². The van der Waals surface area contributed by atoms with E-state index in [9.17, 15) is 28.8 Å². The highest BCUT2D eigenvalue weighted by atomic mass is 16.5. The lowest BCUT2D eigenvalue weighted by atomic mass is 10.0. The highest BCUT2D eigenvalue weighted by molar-refractivity contribution is 5.97. The molecule has 3 heterocycles. The Kier molecular flexibility index (Phi) is 33.5. The predicted molar refractivity (Wildman–Crippen MR) is 337 cm³/mol. The number of carbonyl (C=O) groups is 5. The number of aliphatic hydroxyl groups is 1. The number of fused-ring (bicyclic) bond motifs is 1. The molecule has 1 unspecified atom stereocenters. The van der Waals surface area contributed by atoms with E-state index in [0.29, 0.717) is 109 Å². The lowest BCUT2D eigenvalue weighted by Gasteiger charge is -2.33. The Bertz CT molecular complexity index is 2900. The fourth-order valence-electron chi connectivity index (χ4n) is 9.58. The van der Waals surface area contributed by atoms with Gasteiger partial charge >= 0.3 is 17.9 Å². The van der Waals surface area contributed by atoms with Gasteiger partial charge in [-0.2, -0.15) is 0 Å². The standard InChI is InChI=1S/C39H47N7O6.C24H47N5O7/c1-46-26-33(36(47)32-14-9-29(21-35(32)46)24-45-39-41-16-17-42-39)37(48)44-25-34(38(49)51-3)43-23-28-7-12-31(13-8-28)30-10-5-27(6-11-30)22-40-15-4-18-52-20-19-50-2;1-4-7-26-8-10-27(19-22(31)25-6-5-17-36-18-16-30)12-13-29(21-24(33)35-3)15-14-28(11-9-26)20-23(32)34-2/h5-14,16-17,21,26,34,40,43H,4,15,18-20,22-25H2,1-3H3,(H,44,48)(H2,41,42,45);30H,4-21H2,1-3H3,(H,25,31). The zero-order chi connectivity index (χ0) is 63.3. The molecule has 0 aliphatic carbocycles. The number of methoxy groups -OCH3 is 4. The van der Waals surface area contributed by atoms with Crippen molar-refractivity contribution in [2.75, 3.05) is 172 Å². The van der Waals surface area contributed by atoms with Crippen molar-refractivity contribution >= 4 is 46.6 Å². The number of esters is 3. The number of amides is 2. The van der Waals surface area contributed by atoms with Crippen molar-refractivity contribution < 1.29 is 57.5 Å². The number of nitrogens with one attached hydrogen (secondary N) is 6. The first-order valence-electron chi connectivity index (χ1n) is 30.2. The third-order valence-electron chi connectivity index (χ3n) is 14.6. The molecule has 0 bridgehead atoms. The van der Waals surface area contributed by atoms with Gasteiger partial charge in [0.2, 0.25) is 11.3 Å².